The lowest BCUT2D eigenvalue weighted by molar-refractivity contribution is 0.213. The molecule has 1 heterocycles. The minimum absolute atomic E-state index is 0.590. The highest BCUT2D eigenvalue weighted by Gasteiger charge is 2.16. The Morgan fingerprint density at radius 3 is 2.47 bits per heavy atom. The smallest absolute Gasteiger partial charge is 0.161 e. The van der Waals surface area contributed by atoms with Gasteiger partial charge in [-0.3, -0.25) is 4.98 Å². The number of pyridine rings is 1. The van der Waals surface area contributed by atoms with E-state index in [1.165, 1.54) is 0 Å². The molecule has 0 amide bonds. The molecule has 0 bridgehead atoms. The predicted octanol–water partition coefficient (Wildman–Crippen LogP) is 2.49. The van der Waals surface area contributed by atoms with Gasteiger partial charge in [-0.25, -0.2) is 0 Å². The second-order valence-corrected chi connectivity index (χ2v) is 4.22. The van der Waals surface area contributed by atoms with Crippen molar-refractivity contribution in [1.82, 2.24) is 4.98 Å². The first-order chi connectivity index (χ1) is 9.17. The minimum Gasteiger partial charge on any atom is -0.493 e. The molecule has 0 aliphatic carbocycles. The van der Waals surface area contributed by atoms with E-state index in [4.69, 9.17) is 9.47 Å². The summed E-state index contributed by atoms with van der Waals surface area (Å²) in [5.41, 5.74) is 2.32. The van der Waals surface area contributed by atoms with Crippen molar-refractivity contribution in [3.05, 3.63) is 53.3 Å². The highest BCUT2D eigenvalue weighted by Crippen LogP contribution is 2.32. The third kappa shape index (κ3) is 2.69. The van der Waals surface area contributed by atoms with E-state index in [0.717, 1.165) is 11.1 Å². The summed E-state index contributed by atoms with van der Waals surface area (Å²) in [5, 5.41) is 10.4. The molecular formula is C15H17NO3. The zero-order valence-electron chi connectivity index (χ0n) is 11.3. The Kier molecular flexibility index (Phi) is 4.02. The Morgan fingerprint density at radius 2 is 1.84 bits per heavy atom. The van der Waals surface area contributed by atoms with Gasteiger partial charge >= 0.3 is 0 Å². The second-order valence-electron chi connectivity index (χ2n) is 4.22. The number of aromatic nitrogens is 1. The zero-order chi connectivity index (χ0) is 13.8. The van der Waals surface area contributed by atoms with Crippen LogP contribution in [-0.4, -0.2) is 24.3 Å². The fourth-order valence-corrected chi connectivity index (χ4v) is 1.96. The number of methoxy groups -OCH3 is 2. The van der Waals surface area contributed by atoms with Crippen LogP contribution < -0.4 is 9.47 Å². The largest absolute Gasteiger partial charge is 0.493 e. The summed E-state index contributed by atoms with van der Waals surface area (Å²) in [5.74, 6) is 1.23. The van der Waals surface area contributed by atoms with Crippen molar-refractivity contribution in [3.8, 4) is 11.5 Å². The van der Waals surface area contributed by atoms with Gasteiger partial charge in [-0.2, -0.15) is 0 Å². The molecule has 0 unspecified atom stereocenters. The molecule has 0 saturated carbocycles. The number of hydrogen-bond donors (Lipinski definition) is 1. The van der Waals surface area contributed by atoms with Gasteiger partial charge in [0, 0.05) is 6.20 Å². The maximum Gasteiger partial charge on any atom is 0.161 e. The van der Waals surface area contributed by atoms with E-state index in [9.17, 15) is 5.11 Å². The quantitative estimate of drug-likeness (QED) is 0.916. The van der Waals surface area contributed by atoms with Gasteiger partial charge in [0.25, 0.3) is 0 Å². The fourth-order valence-electron chi connectivity index (χ4n) is 1.96. The van der Waals surface area contributed by atoms with Gasteiger partial charge in [-0.1, -0.05) is 12.1 Å². The van der Waals surface area contributed by atoms with Crippen LogP contribution in [0.25, 0.3) is 0 Å². The summed E-state index contributed by atoms with van der Waals surface area (Å²) in [6, 6.07) is 9.11. The Labute approximate surface area is 112 Å². The van der Waals surface area contributed by atoms with Crippen LogP contribution in [-0.2, 0) is 0 Å². The molecule has 4 heteroatoms. The highest BCUT2D eigenvalue weighted by atomic mass is 16.5. The number of rotatable bonds is 4. The van der Waals surface area contributed by atoms with Gasteiger partial charge in [-0.15, -0.1) is 0 Å². The lowest BCUT2D eigenvalue weighted by Gasteiger charge is -2.15. The number of aryl methyl sites for hydroxylation is 1. The van der Waals surface area contributed by atoms with Gasteiger partial charge in [0.05, 0.1) is 19.9 Å². The molecule has 0 fully saturated rings. The van der Waals surface area contributed by atoms with Crippen LogP contribution >= 0.6 is 0 Å². The fraction of sp³-hybridized carbons (Fsp3) is 0.267. The van der Waals surface area contributed by atoms with E-state index in [0.29, 0.717) is 17.2 Å². The monoisotopic (exact) mass is 259 g/mol. The van der Waals surface area contributed by atoms with E-state index in [-0.39, 0.29) is 0 Å². The Bertz CT molecular complexity index is 569. The molecule has 2 aromatic rings. The summed E-state index contributed by atoms with van der Waals surface area (Å²) in [6.45, 7) is 1.92. The van der Waals surface area contributed by atoms with Crippen molar-refractivity contribution in [2.75, 3.05) is 14.2 Å². The molecule has 1 N–H and O–H groups in total. The summed E-state index contributed by atoms with van der Waals surface area (Å²) in [4.78, 5) is 4.23. The molecule has 1 aromatic carbocycles. The summed E-state index contributed by atoms with van der Waals surface area (Å²) >= 11 is 0. The van der Waals surface area contributed by atoms with Crippen molar-refractivity contribution >= 4 is 0 Å². The number of aliphatic hydroxyl groups is 1. The van der Waals surface area contributed by atoms with Crippen molar-refractivity contribution in [2.45, 2.75) is 13.0 Å². The maximum atomic E-state index is 10.4. The number of hydrogen-bond acceptors (Lipinski definition) is 4. The molecule has 0 aliphatic rings. The van der Waals surface area contributed by atoms with Crippen LogP contribution in [0.3, 0.4) is 0 Å². The van der Waals surface area contributed by atoms with E-state index in [1.807, 2.05) is 19.1 Å². The van der Waals surface area contributed by atoms with Crippen molar-refractivity contribution in [1.29, 1.82) is 0 Å². The summed E-state index contributed by atoms with van der Waals surface area (Å²) < 4.78 is 10.4. The molecule has 0 radical (unpaired) electrons. The van der Waals surface area contributed by atoms with Crippen molar-refractivity contribution < 1.29 is 14.6 Å². The van der Waals surface area contributed by atoms with E-state index in [1.54, 1.807) is 38.6 Å². The Hall–Kier alpha value is -2.07. The molecule has 100 valence electrons. The minimum atomic E-state index is -0.777. The Morgan fingerprint density at radius 1 is 1.11 bits per heavy atom. The molecule has 1 atom stereocenters. The van der Waals surface area contributed by atoms with E-state index in [2.05, 4.69) is 4.98 Å². The van der Waals surface area contributed by atoms with Gasteiger partial charge in [0.2, 0.25) is 0 Å². The first-order valence-electron chi connectivity index (χ1n) is 5.99. The van der Waals surface area contributed by atoms with Crippen LogP contribution in [0.4, 0.5) is 0 Å². The molecule has 19 heavy (non-hydrogen) atoms. The Balaban J connectivity index is 2.39. The third-order valence-corrected chi connectivity index (χ3v) is 3.03. The topological polar surface area (TPSA) is 51.6 Å². The predicted molar refractivity (Wildman–Crippen MR) is 72.6 cm³/mol. The van der Waals surface area contributed by atoms with Gasteiger partial charge in [0.15, 0.2) is 11.5 Å². The van der Waals surface area contributed by atoms with Gasteiger partial charge in [0.1, 0.15) is 6.10 Å². The molecule has 2 rings (SSSR count). The SMILES string of the molecule is COc1ccc([C@@H](O)c2ncccc2C)cc1OC. The highest BCUT2D eigenvalue weighted by molar-refractivity contribution is 5.45. The van der Waals surface area contributed by atoms with E-state index < -0.39 is 6.10 Å². The van der Waals surface area contributed by atoms with Gasteiger partial charge < -0.3 is 14.6 Å². The van der Waals surface area contributed by atoms with Crippen LogP contribution in [0.1, 0.15) is 22.9 Å². The van der Waals surface area contributed by atoms with Crippen LogP contribution in [0.5, 0.6) is 11.5 Å². The number of ether oxygens (including phenoxy) is 2. The number of benzene rings is 1. The van der Waals surface area contributed by atoms with Crippen molar-refractivity contribution in [2.24, 2.45) is 0 Å². The first kappa shape index (κ1) is 13.4. The number of nitrogens with zero attached hydrogens (tertiary/aromatic N) is 1. The van der Waals surface area contributed by atoms with Gasteiger partial charge in [-0.05, 0) is 36.2 Å². The summed E-state index contributed by atoms with van der Waals surface area (Å²) in [6.07, 6.45) is 0.896. The molecular weight excluding hydrogens is 242 g/mol. The molecule has 0 aliphatic heterocycles. The second kappa shape index (κ2) is 5.71. The maximum absolute atomic E-state index is 10.4. The lowest BCUT2D eigenvalue weighted by atomic mass is 10.0. The average Bonchev–Trinajstić information content (AvgIpc) is 2.46. The van der Waals surface area contributed by atoms with Crippen LogP contribution in [0.15, 0.2) is 36.5 Å². The van der Waals surface area contributed by atoms with E-state index >= 15 is 0 Å². The van der Waals surface area contributed by atoms with Crippen LogP contribution in [0.2, 0.25) is 0 Å². The molecule has 0 saturated heterocycles. The first-order valence-corrected chi connectivity index (χ1v) is 5.99. The average molecular weight is 259 g/mol. The normalized spacial score (nSPS) is 12.0. The third-order valence-electron chi connectivity index (χ3n) is 3.03. The zero-order valence-corrected chi connectivity index (χ0v) is 11.3. The molecule has 4 nitrogen and oxygen atoms in total. The number of aliphatic hydroxyl groups excluding tert-OH is 1. The van der Waals surface area contributed by atoms with Crippen molar-refractivity contribution in [3.63, 3.8) is 0 Å². The standard InChI is InChI=1S/C15H17NO3/c1-10-5-4-8-16-14(10)15(17)11-6-7-12(18-2)13(9-11)19-3/h4-9,15,17H,1-3H3/t15-/m1/s1. The molecule has 1 aromatic heterocycles. The lowest BCUT2D eigenvalue weighted by Crippen LogP contribution is -2.05. The molecule has 0 spiro atoms. The summed E-state index contributed by atoms with van der Waals surface area (Å²) in [7, 11) is 3.15. The van der Waals surface area contributed by atoms with Crippen LogP contribution in [0, 0.1) is 6.92 Å².